The highest BCUT2D eigenvalue weighted by Gasteiger charge is 2.18. The molecular weight excluding hydrogens is 244 g/mol. The third kappa shape index (κ3) is 4.00. The Kier molecular flexibility index (Phi) is 4.86. The molecule has 7 heteroatoms. The summed E-state index contributed by atoms with van der Waals surface area (Å²) in [4.78, 5) is 13.9. The Labute approximate surface area is 113 Å². The monoisotopic (exact) mass is 266 g/mol. The molecule has 0 radical (unpaired) electrons. The van der Waals surface area contributed by atoms with E-state index < -0.39 is 0 Å². The van der Waals surface area contributed by atoms with Gasteiger partial charge in [-0.3, -0.25) is 4.79 Å². The largest absolute Gasteiger partial charge is 0.349 e. The van der Waals surface area contributed by atoms with Crippen LogP contribution < -0.4 is 10.6 Å². The fourth-order valence-electron chi connectivity index (χ4n) is 2.11. The zero-order valence-corrected chi connectivity index (χ0v) is 11.6. The van der Waals surface area contributed by atoms with Gasteiger partial charge in [0.05, 0.1) is 12.2 Å². The Morgan fingerprint density at radius 2 is 2.26 bits per heavy atom. The van der Waals surface area contributed by atoms with Gasteiger partial charge in [0.2, 0.25) is 0 Å². The van der Waals surface area contributed by atoms with Gasteiger partial charge in [-0.25, -0.2) is 4.68 Å². The van der Waals surface area contributed by atoms with Crippen LogP contribution in [-0.4, -0.2) is 66.1 Å². The first-order chi connectivity index (χ1) is 9.16. The number of rotatable bonds is 5. The molecule has 0 atom stereocenters. The highest BCUT2D eigenvalue weighted by molar-refractivity contribution is 5.91. The lowest BCUT2D eigenvalue weighted by atomic mass is 10.1. The van der Waals surface area contributed by atoms with Gasteiger partial charge in [0.1, 0.15) is 0 Å². The summed E-state index contributed by atoms with van der Waals surface area (Å²) in [6, 6.07) is 0.358. The molecule has 19 heavy (non-hydrogen) atoms. The van der Waals surface area contributed by atoms with Crippen LogP contribution in [0.1, 0.15) is 29.4 Å². The van der Waals surface area contributed by atoms with Gasteiger partial charge in [-0.15, -0.1) is 5.10 Å². The summed E-state index contributed by atoms with van der Waals surface area (Å²) < 4.78 is 1.82. The molecule has 0 spiro atoms. The van der Waals surface area contributed by atoms with Gasteiger partial charge in [-0.05, 0) is 40.0 Å². The summed E-state index contributed by atoms with van der Waals surface area (Å²) in [7, 11) is 3.94. The number of likely N-dealkylation sites (N-methyl/N-ethyl adjacent to an activating group) is 1. The molecule has 2 heterocycles. The summed E-state index contributed by atoms with van der Waals surface area (Å²) in [6.07, 6.45) is 3.82. The molecule has 1 saturated heterocycles. The van der Waals surface area contributed by atoms with E-state index in [-0.39, 0.29) is 5.91 Å². The lowest BCUT2D eigenvalue weighted by Gasteiger charge is -2.22. The maximum absolute atomic E-state index is 11.9. The Bertz CT molecular complexity index is 410. The van der Waals surface area contributed by atoms with Gasteiger partial charge >= 0.3 is 0 Å². The smallest absolute Gasteiger partial charge is 0.273 e. The molecule has 0 saturated carbocycles. The van der Waals surface area contributed by atoms with E-state index in [1.54, 1.807) is 6.20 Å². The van der Waals surface area contributed by atoms with Gasteiger partial charge in [-0.1, -0.05) is 5.21 Å². The van der Waals surface area contributed by atoms with Crippen molar-refractivity contribution in [1.29, 1.82) is 0 Å². The van der Waals surface area contributed by atoms with Gasteiger partial charge in [-0.2, -0.15) is 0 Å². The molecule has 1 aromatic heterocycles. The number of nitrogens with zero attached hydrogens (tertiary/aromatic N) is 4. The molecule has 106 valence electrons. The molecule has 7 nitrogen and oxygen atoms in total. The van der Waals surface area contributed by atoms with Crippen molar-refractivity contribution in [2.75, 3.05) is 40.3 Å². The van der Waals surface area contributed by atoms with Gasteiger partial charge in [0.25, 0.3) is 5.91 Å². The van der Waals surface area contributed by atoms with Gasteiger partial charge in [0.15, 0.2) is 5.69 Å². The summed E-state index contributed by atoms with van der Waals surface area (Å²) in [5, 5.41) is 14.2. The zero-order chi connectivity index (χ0) is 13.7. The Hall–Kier alpha value is -1.47. The predicted octanol–water partition coefficient (Wildman–Crippen LogP) is -0.506. The molecule has 1 fully saturated rings. The molecule has 1 amide bonds. The fraction of sp³-hybridized carbons (Fsp3) is 0.750. The van der Waals surface area contributed by atoms with Crippen molar-refractivity contribution in [3.8, 4) is 0 Å². The fourth-order valence-corrected chi connectivity index (χ4v) is 2.11. The number of aromatic nitrogens is 3. The Balaban J connectivity index is 1.87. The van der Waals surface area contributed by atoms with Gasteiger partial charge in [0, 0.05) is 13.1 Å². The minimum absolute atomic E-state index is 0.151. The summed E-state index contributed by atoms with van der Waals surface area (Å²) >= 11 is 0. The summed E-state index contributed by atoms with van der Waals surface area (Å²) in [6.45, 7) is 3.42. The van der Waals surface area contributed by atoms with E-state index in [0.29, 0.717) is 18.3 Å². The number of nitrogens with one attached hydrogen (secondary N) is 2. The van der Waals surface area contributed by atoms with E-state index in [4.69, 9.17) is 0 Å². The van der Waals surface area contributed by atoms with E-state index in [2.05, 4.69) is 20.9 Å². The number of amides is 1. The van der Waals surface area contributed by atoms with Crippen molar-refractivity contribution in [3.05, 3.63) is 11.9 Å². The predicted molar refractivity (Wildman–Crippen MR) is 72.0 cm³/mol. The quantitative estimate of drug-likeness (QED) is 0.751. The SMILES string of the molecule is CN(C)CCNC(=O)c1cn(C2CCNCC2)nn1. The standard InChI is InChI=1S/C12H22N6O/c1-17(2)8-7-14-12(19)11-9-18(16-15-11)10-3-5-13-6-4-10/h9-10,13H,3-8H2,1-2H3,(H,14,19). The van der Waals surface area contributed by atoms with Crippen molar-refractivity contribution in [2.45, 2.75) is 18.9 Å². The van der Waals surface area contributed by atoms with Crippen molar-refractivity contribution >= 4 is 5.91 Å². The van der Waals surface area contributed by atoms with Crippen LogP contribution in [0, 0.1) is 0 Å². The summed E-state index contributed by atoms with van der Waals surface area (Å²) in [5.41, 5.74) is 0.400. The molecule has 2 rings (SSSR count). The molecule has 0 unspecified atom stereocenters. The number of hydrogen-bond acceptors (Lipinski definition) is 5. The Morgan fingerprint density at radius 3 is 2.95 bits per heavy atom. The van der Waals surface area contributed by atoms with Crippen LogP contribution in [-0.2, 0) is 0 Å². The zero-order valence-electron chi connectivity index (χ0n) is 11.6. The lowest BCUT2D eigenvalue weighted by molar-refractivity contribution is 0.0946. The van der Waals surface area contributed by atoms with E-state index >= 15 is 0 Å². The lowest BCUT2D eigenvalue weighted by Crippen LogP contribution is -2.31. The van der Waals surface area contributed by atoms with Crippen molar-refractivity contribution in [1.82, 2.24) is 30.5 Å². The Morgan fingerprint density at radius 1 is 1.53 bits per heavy atom. The van der Waals surface area contributed by atoms with E-state index in [1.807, 2.05) is 23.7 Å². The maximum Gasteiger partial charge on any atom is 0.273 e. The molecular formula is C12H22N6O. The second-order valence-electron chi connectivity index (χ2n) is 5.12. The van der Waals surface area contributed by atoms with Crippen LogP contribution in [0.5, 0.6) is 0 Å². The van der Waals surface area contributed by atoms with Gasteiger partial charge < -0.3 is 15.5 Å². The molecule has 0 aliphatic carbocycles. The normalized spacial score (nSPS) is 16.8. The summed E-state index contributed by atoms with van der Waals surface area (Å²) in [5.74, 6) is -0.151. The first-order valence-electron chi connectivity index (χ1n) is 6.72. The molecule has 2 N–H and O–H groups in total. The second-order valence-corrected chi connectivity index (χ2v) is 5.12. The molecule has 0 aromatic carbocycles. The average molecular weight is 266 g/mol. The third-order valence-corrected chi connectivity index (χ3v) is 3.27. The van der Waals surface area contributed by atoms with E-state index in [0.717, 1.165) is 32.5 Å². The second kappa shape index (κ2) is 6.63. The molecule has 0 bridgehead atoms. The highest BCUT2D eigenvalue weighted by Crippen LogP contribution is 2.16. The number of carbonyl (C=O) groups is 1. The van der Waals surface area contributed by atoms with Crippen molar-refractivity contribution in [3.63, 3.8) is 0 Å². The maximum atomic E-state index is 11.9. The third-order valence-electron chi connectivity index (χ3n) is 3.27. The van der Waals surface area contributed by atoms with Crippen LogP contribution in [0.2, 0.25) is 0 Å². The van der Waals surface area contributed by atoms with E-state index in [9.17, 15) is 4.79 Å². The first kappa shape index (κ1) is 14.0. The van der Waals surface area contributed by atoms with Crippen molar-refractivity contribution < 1.29 is 4.79 Å². The number of carbonyl (C=O) groups excluding carboxylic acids is 1. The van der Waals surface area contributed by atoms with E-state index in [1.165, 1.54) is 0 Å². The van der Waals surface area contributed by atoms with Crippen LogP contribution in [0.15, 0.2) is 6.20 Å². The highest BCUT2D eigenvalue weighted by atomic mass is 16.2. The number of piperidine rings is 1. The first-order valence-corrected chi connectivity index (χ1v) is 6.72. The topological polar surface area (TPSA) is 75.1 Å². The van der Waals surface area contributed by atoms with Crippen LogP contribution in [0.3, 0.4) is 0 Å². The molecule has 1 aliphatic heterocycles. The molecule has 1 aromatic rings. The minimum atomic E-state index is -0.151. The van der Waals surface area contributed by atoms with Crippen LogP contribution >= 0.6 is 0 Å². The minimum Gasteiger partial charge on any atom is -0.349 e. The van der Waals surface area contributed by atoms with Crippen LogP contribution in [0.25, 0.3) is 0 Å². The average Bonchev–Trinajstić information content (AvgIpc) is 2.89. The number of hydrogen-bond donors (Lipinski definition) is 2. The van der Waals surface area contributed by atoms with Crippen LogP contribution in [0.4, 0.5) is 0 Å². The van der Waals surface area contributed by atoms with Crippen molar-refractivity contribution in [2.24, 2.45) is 0 Å². The molecule has 1 aliphatic rings.